The van der Waals surface area contributed by atoms with Crippen molar-refractivity contribution in [2.24, 2.45) is 0 Å². The number of amides is 1. The average molecular weight is 310 g/mol. The molecule has 2 aromatic rings. The number of hydrogen-bond acceptors (Lipinski definition) is 4. The summed E-state index contributed by atoms with van der Waals surface area (Å²) in [5.41, 5.74) is 3.10. The average Bonchev–Trinajstić information content (AvgIpc) is 3.31. The van der Waals surface area contributed by atoms with E-state index < -0.39 is 0 Å². The number of nitrogens with one attached hydrogen (secondary N) is 1. The van der Waals surface area contributed by atoms with E-state index in [-0.39, 0.29) is 12.7 Å². The van der Waals surface area contributed by atoms with Crippen LogP contribution in [0.1, 0.15) is 35.6 Å². The van der Waals surface area contributed by atoms with Crippen LogP contribution in [-0.4, -0.2) is 17.7 Å². The van der Waals surface area contributed by atoms with Gasteiger partial charge in [0.05, 0.1) is 6.42 Å². The summed E-state index contributed by atoms with van der Waals surface area (Å²) in [6, 6.07) is 9.69. The Morgan fingerprint density at radius 1 is 1.13 bits per heavy atom. The Bertz CT molecular complexity index is 724. The first kappa shape index (κ1) is 14.1. The van der Waals surface area contributed by atoms with E-state index in [0.29, 0.717) is 24.6 Å². The molecule has 5 nitrogen and oxygen atoms in total. The molecule has 5 heteroatoms. The van der Waals surface area contributed by atoms with Crippen LogP contribution in [0.2, 0.25) is 0 Å². The Kier molecular flexibility index (Phi) is 3.61. The van der Waals surface area contributed by atoms with Gasteiger partial charge in [0.15, 0.2) is 11.5 Å². The van der Waals surface area contributed by atoms with Crippen LogP contribution in [0.3, 0.4) is 0 Å². The van der Waals surface area contributed by atoms with Crippen LogP contribution >= 0.6 is 0 Å². The number of fused-ring (bicyclic) bond motifs is 1. The van der Waals surface area contributed by atoms with Gasteiger partial charge >= 0.3 is 0 Å². The van der Waals surface area contributed by atoms with E-state index in [1.807, 2.05) is 30.5 Å². The summed E-state index contributed by atoms with van der Waals surface area (Å²) in [7, 11) is 0. The van der Waals surface area contributed by atoms with Gasteiger partial charge in [-0.3, -0.25) is 9.78 Å². The SMILES string of the molecule is O=C(Cc1ccc2c(c1)OCO2)NCc1ccc(C2CC2)nc1. The monoisotopic (exact) mass is 310 g/mol. The number of carbonyl (C=O) groups is 1. The molecule has 2 heterocycles. The lowest BCUT2D eigenvalue weighted by Gasteiger charge is -2.07. The minimum atomic E-state index is -0.0184. The van der Waals surface area contributed by atoms with Crippen molar-refractivity contribution in [2.75, 3.05) is 6.79 Å². The molecular formula is C18H18N2O3. The van der Waals surface area contributed by atoms with Gasteiger partial charge in [-0.05, 0) is 42.2 Å². The maximum atomic E-state index is 12.1. The highest BCUT2D eigenvalue weighted by molar-refractivity contribution is 5.78. The second kappa shape index (κ2) is 5.91. The summed E-state index contributed by atoms with van der Waals surface area (Å²) in [5.74, 6) is 2.07. The van der Waals surface area contributed by atoms with Crippen molar-refractivity contribution < 1.29 is 14.3 Å². The third-order valence-electron chi connectivity index (χ3n) is 4.13. The number of nitrogens with zero attached hydrogens (tertiary/aromatic N) is 1. The van der Waals surface area contributed by atoms with Gasteiger partial charge in [0.1, 0.15) is 0 Å². The first-order valence-corrected chi connectivity index (χ1v) is 7.88. The molecule has 0 bridgehead atoms. The van der Waals surface area contributed by atoms with Crippen molar-refractivity contribution in [3.8, 4) is 11.5 Å². The van der Waals surface area contributed by atoms with Crippen molar-refractivity contribution in [1.29, 1.82) is 0 Å². The van der Waals surface area contributed by atoms with Crippen LogP contribution in [0.5, 0.6) is 11.5 Å². The van der Waals surface area contributed by atoms with Crippen LogP contribution in [0.15, 0.2) is 36.5 Å². The van der Waals surface area contributed by atoms with E-state index >= 15 is 0 Å². The molecule has 23 heavy (non-hydrogen) atoms. The Morgan fingerprint density at radius 2 is 1.96 bits per heavy atom. The Labute approximate surface area is 134 Å². The zero-order valence-corrected chi connectivity index (χ0v) is 12.7. The number of hydrogen-bond donors (Lipinski definition) is 1. The maximum Gasteiger partial charge on any atom is 0.231 e. The largest absolute Gasteiger partial charge is 0.454 e. The molecular weight excluding hydrogens is 292 g/mol. The predicted molar refractivity (Wildman–Crippen MR) is 84.3 cm³/mol. The smallest absolute Gasteiger partial charge is 0.231 e. The molecule has 1 aromatic carbocycles. The second-order valence-electron chi connectivity index (χ2n) is 6.01. The molecule has 0 saturated heterocycles. The van der Waals surface area contributed by atoms with E-state index in [4.69, 9.17) is 9.47 Å². The van der Waals surface area contributed by atoms with Gasteiger partial charge in [0.25, 0.3) is 0 Å². The van der Waals surface area contributed by atoms with Crippen molar-refractivity contribution in [2.45, 2.75) is 31.7 Å². The number of rotatable bonds is 5. The summed E-state index contributed by atoms with van der Waals surface area (Å²) in [5, 5.41) is 2.93. The normalized spacial score (nSPS) is 15.5. The van der Waals surface area contributed by atoms with Crippen LogP contribution < -0.4 is 14.8 Å². The molecule has 1 saturated carbocycles. The van der Waals surface area contributed by atoms with Crippen molar-refractivity contribution >= 4 is 5.91 Å². The molecule has 1 aliphatic carbocycles. The summed E-state index contributed by atoms with van der Waals surface area (Å²) in [6.07, 6.45) is 4.68. The quantitative estimate of drug-likeness (QED) is 0.922. The zero-order chi connectivity index (χ0) is 15.6. The third kappa shape index (κ3) is 3.28. The van der Waals surface area contributed by atoms with Gasteiger partial charge in [-0.25, -0.2) is 0 Å². The lowest BCUT2D eigenvalue weighted by Crippen LogP contribution is -2.24. The number of benzene rings is 1. The molecule has 1 amide bonds. The topological polar surface area (TPSA) is 60.5 Å². The fraction of sp³-hybridized carbons (Fsp3) is 0.333. The van der Waals surface area contributed by atoms with Crippen molar-refractivity contribution in [3.05, 3.63) is 53.3 Å². The van der Waals surface area contributed by atoms with E-state index in [1.165, 1.54) is 18.5 Å². The van der Waals surface area contributed by atoms with Gasteiger partial charge in [-0.1, -0.05) is 12.1 Å². The summed E-state index contributed by atoms with van der Waals surface area (Å²) in [6.45, 7) is 0.746. The molecule has 0 atom stereocenters. The second-order valence-corrected chi connectivity index (χ2v) is 6.01. The highest BCUT2D eigenvalue weighted by Crippen LogP contribution is 2.38. The fourth-order valence-electron chi connectivity index (χ4n) is 2.66. The minimum Gasteiger partial charge on any atom is -0.454 e. The van der Waals surface area contributed by atoms with Crippen LogP contribution in [0, 0.1) is 0 Å². The highest BCUT2D eigenvalue weighted by atomic mass is 16.7. The maximum absolute atomic E-state index is 12.1. The van der Waals surface area contributed by atoms with Crippen molar-refractivity contribution in [3.63, 3.8) is 0 Å². The number of ether oxygens (including phenoxy) is 2. The molecule has 0 spiro atoms. The first-order valence-electron chi connectivity index (χ1n) is 7.88. The molecule has 1 aliphatic heterocycles. The number of carbonyl (C=O) groups excluding carboxylic acids is 1. The van der Waals surface area contributed by atoms with Gasteiger partial charge in [-0.15, -0.1) is 0 Å². The van der Waals surface area contributed by atoms with Gasteiger partial charge in [0.2, 0.25) is 12.7 Å². The molecule has 1 aromatic heterocycles. The van der Waals surface area contributed by atoms with E-state index in [1.54, 1.807) is 0 Å². The fourth-order valence-corrected chi connectivity index (χ4v) is 2.66. The first-order chi connectivity index (χ1) is 11.3. The molecule has 4 rings (SSSR count). The summed E-state index contributed by atoms with van der Waals surface area (Å²) in [4.78, 5) is 16.5. The Balaban J connectivity index is 1.31. The molecule has 0 unspecified atom stereocenters. The summed E-state index contributed by atoms with van der Waals surface area (Å²) < 4.78 is 10.6. The molecule has 118 valence electrons. The summed E-state index contributed by atoms with van der Waals surface area (Å²) >= 11 is 0. The standard InChI is InChI=1S/C18H18N2O3/c21-18(8-12-2-6-16-17(7-12)23-11-22-16)20-10-13-1-5-15(19-9-13)14-3-4-14/h1-2,5-7,9,14H,3-4,8,10-11H2,(H,20,21). The van der Waals surface area contributed by atoms with Crippen LogP contribution in [-0.2, 0) is 17.8 Å². The van der Waals surface area contributed by atoms with Gasteiger partial charge in [0, 0.05) is 24.4 Å². The van der Waals surface area contributed by atoms with E-state index in [2.05, 4.69) is 16.4 Å². The third-order valence-corrected chi connectivity index (χ3v) is 4.13. The van der Waals surface area contributed by atoms with Crippen molar-refractivity contribution in [1.82, 2.24) is 10.3 Å². The van der Waals surface area contributed by atoms with Gasteiger partial charge < -0.3 is 14.8 Å². The highest BCUT2D eigenvalue weighted by Gasteiger charge is 2.24. The lowest BCUT2D eigenvalue weighted by atomic mass is 10.1. The van der Waals surface area contributed by atoms with E-state index in [0.717, 1.165) is 16.9 Å². The molecule has 0 radical (unpaired) electrons. The molecule has 2 aliphatic rings. The van der Waals surface area contributed by atoms with Crippen LogP contribution in [0.4, 0.5) is 0 Å². The number of pyridine rings is 1. The van der Waals surface area contributed by atoms with Crippen LogP contribution in [0.25, 0.3) is 0 Å². The Morgan fingerprint density at radius 3 is 2.74 bits per heavy atom. The number of aromatic nitrogens is 1. The Hall–Kier alpha value is -2.56. The molecule has 1 fully saturated rings. The minimum absolute atomic E-state index is 0.0184. The zero-order valence-electron chi connectivity index (χ0n) is 12.7. The van der Waals surface area contributed by atoms with E-state index in [9.17, 15) is 4.79 Å². The predicted octanol–water partition coefficient (Wildman–Crippen LogP) is 2.55. The molecule has 1 N–H and O–H groups in total. The lowest BCUT2D eigenvalue weighted by molar-refractivity contribution is -0.120. The van der Waals surface area contributed by atoms with Gasteiger partial charge in [-0.2, -0.15) is 0 Å².